The summed E-state index contributed by atoms with van der Waals surface area (Å²) in [7, 11) is 0. The first-order valence-electron chi connectivity index (χ1n) is 5.03. The molecule has 0 saturated carbocycles. The fraction of sp³-hybridized carbons (Fsp3) is 0.900. The maximum Gasteiger partial charge on any atom is 0.234 e. The summed E-state index contributed by atoms with van der Waals surface area (Å²) in [5.74, 6) is 0.714. The smallest absolute Gasteiger partial charge is 0.234 e. The van der Waals surface area contributed by atoms with Crippen molar-refractivity contribution in [2.75, 3.05) is 12.3 Å². The molecule has 0 heterocycles. The zero-order valence-corrected chi connectivity index (χ0v) is 10.4. The third-order valence-corrected chi connectivity index (χ3v) is 3.04. The third-order valence-electron chi connectivity index (χ3n) is 1.74. The Morgan fingerprint density at radius 3 is 2.43 bits per heavy atom. The molecule has 0 saturated heterocycles. The van der Waals surface area contributed by atoms with Gasteiger partial charge in [0, 0.05) is 4.75 Å². The first kappa shape index (κ1) is 13.8. The number of rotatable bonds is 6. The van der Waals surface area contributed by atoms with E-state index in [2.05, 4.69) is 26.1 Å². The van der Waals surface area contributed by atoms with Crippen molar-refractivity contribution in [3.63, 3.8) is 0 Å². The van der Waals surface area contributed by atoms with Crippen molar-refractivity contribution in [3.05, 3.63) is 0 Å². The average molecular weight is 218 g/mol. The lowest BCUT2D eigenvalue weighted by molar-refractivity contribution is -0.120. The Kier molecular flexibility index (Phi) is 6.20. The van der Waals surface area contributed by atoms with Crippen molar-refractivity contribution in [2.45, 2.75) is 44.9 Å². The summed E-state index contributed by atoms with van der Waals surface area (Å²) in [6.07, 6.45) is 0.811. The van der Waals surface area contributed by atoms with Crippen LogP contribution in [0.1, 0.15) is 34.1 Å². The lowest BCUT2D eigenvalue weighted by Crippen LogP contribution is -2.41. The number of nitrogens with two attached hydrogens (primary N) is 1. The van der Waals surface area contributed by atoms with Gasteiger partial charge in [-0.05, 0) is 18.7 Å². The number of primary amides is 1. The predicted octanol–water partition coefficient (Wildman–Crippen LogP) is 1.37. The average Bonchev–Trinajstić information content (AvgIpc) is 2.00. The maximum absolute atomic E-state index is 11.0. The van der Waals surface area contributed by atoms with E-state index in [1.165, 1.54) is 0 Å². The highest BCUT2D eigenvalue weighted by Crippen LogP contribution is 2.23. The minimum Gasteiger partial charge on any atom is -0.368 e. The van der Waals surface area contributed by atoms with Crippen LogP contribution in [-0.2, 0) is 4.79 Å². The number of likely N-dealkylation sites (N-methyl/N-ethyl adjacent to an activating group) is 1. The monoisotopic (exact) mass is 218 g/mol. The molecule has 1 atom stereocenters. The summed E-state index contributed by atoms with van der Waals surface area (Å²) < 4.78 is 0.258. The lowest BCUT2D eigenvalue weighted by atomic mass is 10.2. The molecule has 0 aromatic rings. The van der Waals surface area contributed by atoms with E-state index in [0.29, 0.717) is 0 Å². The van der Waals surface area contributed by atoms with Crippen LogP contribution in [0.15, 0.2) is 0 Å². The third kappa shape index (κ3) is 7.21. The van der Waals surface area contributed by atoms with Gasteiger partial charge >= 0.3 is 0 Å². The standard InChI is InChI=1S/C10H22N2OS/c1-5-12-8(9(11)13)6-7-14-10(2,3)4/h8,12H,5-7H2,1-4H3,(H2,11,13). The van der Waals surface area contributed by atoms with E-state index < -0.39 is 0 Å². The van der Waals surface area contributed by atoms with E-state index in [0.717, 1.165) is 18.7 Å². The van der Waals surface area contributed by atoms with Crippen LogP contribution in [0, 0.1) is 0 Å². The van der Waals surface area contributed by atoms with Gasteiger partial charge in [0.05, 0.1) is 6.04 Å². The van der Waals surface area contributed by atoms with Crippen LogP contribution in [0.25, 0.3) is 0 Å². The van der Waals surface area contributed by atoms with Gasteiger partial charge in [-0.3, -0.25) is 4.79 Å². The minimum atomic E-state index is -0.249. The van der Waals surface area contributed by atoms with E-state index >= 15 is 0 Å². The summed E-state index contributed by atoms with van der Waals surface area (Å²) in [6, 6.07) is -0.171. The van der Waals surface area contributed by atoms with Gasteiger partial charge in [-0.1, -0.05) is 27.7 Å². The zero-order chi connectivity index (χ0) is 11.2. The van der Waals surface area contributed by atoms with E-state index in [-0.39, 0.29) is 16.7 Å². The topological polar surface area (TPSA) is 55.1 Å². The Labute approximate surface area is 91.2 Å². The molecule has 0 aliphatic heterocycles. The minimum absolute atomic E-state index is 0.171. The van der Waals surface area contributed by atoms with Gasteiger partial charge in [0.2, 0.25) is 5.91 Å². The van der Waals surface area contributed by atoms with Crippen LogP contribution < -0.4 is 11.1 Å². The van der Waals surface area contributed by atoms with Crippen LogP contribution in [0.5, 0.6) is 0 Å². The normalized spacial score (nSPS) is 14.0. The molecule has 0 aliphatic carbocycles. The van der Waals surface area contributed by atoms with Crippen LogP contribution in [0.3, 0.4) is 0 Å². The molecular weight excluding hydrogens is 196 g/mol. The predicted molar refractivity (Wildman–Crippen MR) is 63.5 cm³/mol. The fourth-order valence-electron chi connectivity index (χ4n) is 1.07. The second kappa shape index (κ2) is 6.30. The second-order valence-corrected chi connectivity index (χ2v) is 6.18. The van der Waals surface area contributed by atoms with Crippen molar-refractivity contribution < 1.29 is 4.79 Å². The number of carbonyl (C=O) groups excluding carboxylic acids is 1. The number of nitrogens with one attached hydrogen (secondary N) is 1. The first-order valence-corrected chi connectivity index (χ1v) is 6.02. The van der Waals surface area contributed by atoms with Crippen molar-refractivity contribution in [3.8, 4) is 0 Å². The Morgan fingerprint density at radius 1 is 1.50 bits per heavy atom. The maximum atomic E-state index is 11.0. The van der Waals surface area contributed by atoms with Gasteiger partial charge < -0.3 is 11.1 Å². The summed E-state index contributed by atoms with van der Waals surface area (Å²) in [5, 5.41) is 3.08. The number of carbonyl (C=O) groups is 1. The van der Waals surface area contributed by atoms with Gasteiger partial charge in [0.1, 0.15) is 0 Å². The van der Waals surface area contributed by atoms with Crippen LogP contribution in [0.4, 0.5) is 0 Å². The van der Waals surface area contributed by atoms with Gasteiger partial charge in [0.15, 0.2) is 0 Å². The van der Waals surface area contributed by atoms with Crippen molar-refractivity contribution in [2.24, 2.45) is 5.73 Å². The molecule has 0 aromatic carbocycles. The molecule has 0 aliphatic rings. The van der Waals surface area contributed by atoms with Gasteiger partial charge in [-0.25, -0.2) is 0 Å². The molecule has 14 heavy (non-hydrogen) atoms. The summed E-state index contributed by atoms with van der Waals surface area (Å²) >= 11 is 1.86. The molecule has 4 heteroatoms. The van der Waals surface area contributed by atoms with E-state index in [9.17, 15) is 4.79 Å². The van der Waals surface area contributed by atoms with Crippen LogP contribution in [0.2, 0.25) is 0 Å². The molecule has 0 spiro atoms. The van der Waals surface area contributed by atoms with Crippen LogP contribution >= 0.6 is 11.8 Å². The van der Waals surface area contributed by atoms with E-state index in [4.69, 9.17) is 5.73 Å². The largest absolute Gasteiger partial charge is 0.368 e. The molecule has 0 rings (SSSR count). The molecule has 0 bridgehead atoms. The van der Waals surface area contributed by atoms with Crippen molar-refractivity contribution in [1.29, 1.82) is 0 Å². The summed E-state index contributed by atoms with van der Waals surface area (Å²) in [6.45, 7) is 9.28. The molecule has 84 valence electrons. The van der Waals surface area contributed by atoms with E-state index in [1.54, 1.807) is 0 Å². The SMILES string of the molecule is CCNC(CCSC(C)(C)C)C(N)=O. The molecule has 1 amide bonds. The lowest BCUT2D eigenvalue weighted by Gasteiger charge is -2.19. The molecule has 0 radical (unpaired) electrons. The molecule has 0 aromatic heterocycles. The number of hydrogen-bond acceptors (Lipinski definition) is 3. The number of thioether (sulfide) groups is 1. The summed E-state index contributed by atoms with van der Waals surface area (Å²) in [5.41, 5.74) is 5.26. The second-order valence-electron chi connectivity index (χ2n) is 4.26. The van der Waals surface area contributed by atoms with Crippen molar-refractivity contribution >= 4 is 17.7 Å². The van der Waals surface area contributed by atoms with Gasteiger partial charge in [-0.15, -0.1) is 0 Å². The fourth-order valence-corrected chi connectivity index (χ4v) is 2.04. The number of amides is 1. The molecule has 0 fully saturated rings. The highest BCUT2D eigenvalue weighted by atomic mass is 32.2. The van der Waals surface area contributed by atoms with Crippen LogP contribution in [-0.4, -0.2) is 29.0 Å². The van der Waals surface area contributed by atoms with E-state index in [1.807, 2.05) is 18.7 Å². The Morgan fingerprint density at radius 2 is 2.07 bits per heavy atom. The van der Waals surface area contributed by atoms with Gasteiger partial charge in [-0.2, -0.15) is 11.8 Å². The Hall–Kier alpha value is -0.220. The van der Waals surface area contributed by atoms with Gasteiger partial charge in [0.25, 0.3) is 0 Å². The molecule has 3 N–H and O–H groups in total. The van der Waals surface area contributed by atoms with Crippen molar-refractivity contribution in [1.82, 2.24) is 5.32 Å². The Bertz CT molecular complexity index is 177. The quantitative estimate of drug-likeness (QED) is 0.708. The highest BCUT2D eigenvalue weighted by molar-refractivity contribution is 8.00. The molecule has 1 unspecified atom stereocenters. The molecule has 3 nitrogen and oxygen atoms in total. The first-order chi connectivity index (χ1) is 6.37. The number of hydrogen-bond donors (Lipinski definition) is 2. The summed E-state index contributed by atoms with van der Waals surface area (Å²) in [4.78, 5) is 11.0. The zero-order valence-electron chi connectivity index (χ0n) is 9.59. The molecular formula is C10H22N2OS. The highest BCUT2D eigenvalue weighted by Gasteiger charge is 2.16. The Balaban J connectivity index is 3.77.